The van der Waals surface area contributed by atoms with E-state index in [1.54, 1.807) is 4.90 Å². The number of amides is 1. The number of carboxylic acids is 1. The summed E-state index contributed by atoms with van der Waals surface area (Å²) >= 11 is 0. The number of hydrogen-bond donors (Lipinski definition) is 1. The van der Waals surface area contributed by atoms with Crippen LogP contribution in [0.3, 0.4) is 0 Å². The van der Waals surface area contributed by atoms with Crippen LogP contribution in [0.1, 0.15) is 53.8 Å². The molecule has 2 rings (SSSR count). The molecule has 0 saturated carbocycles. The van der Waals surface area contributed by atoms with Crippen molar-refractivity contribution in [2.75, 3.05) is 13.1 Å². The highest BCUT2D eigenvalue weighted by Crippen LogP contribution is 2.26. The summed E-state index contributed by atoms with van der Waals surface area (Å²) in [6, 6.07) is 3.33. The zero-order valence-electron chi connectivity index (χ0n) is 13.9. The van der Waals surface area contributed by atoms with E-state index in [1.165, 1.54) is 6.07 Å². The van der Waals surface area contributed by atoms with Crippen LogP contribution >= 0.6 is 0 Å². The van der Waals surface area contributed by atoms with E-state index in [1.807, 2.05) is 0 Å². The summed E-state index contributed by atoms with van der Waals surface area (Å²) in [5.41, 5.74) is -0.569. The van der Waals surface area contributed by atoms with Crippen LogP contribution in [0.25, 0.3) is 0 Å². The average molecular weight is 334 g/mol. The van der Waals surface area contributed by atoms with Crippen LogP contribution < -0.4 is 0 Å². The molecule has 1 amide bonds. The molecule has 0 aliphatic carbocycles. The van der Waals surface area contributed by atoms with Gasteiger partial charge < -0.3 is 10.0 Å². The van der Waals surface area contributed by atoms with Gasteiger partial charge in [0.15, 0.2) is 0 Å². The maximum Gasteiger partial charge on any atom is 0.335 e. The number of rotatable bonds is 4. The number of non-ortho nitro benzene ring substituents is 1. The fraction of sp³-hybridized carbons (Fsp3) is 0.529. The van der Waals surface area contributed by atoms with Crippen molar-refractivity contribution in [2.24, 2.45) is 11.8 Å². The minimum atomic E-state index is -1.29. The first-order valence-electron chi connectivity index (χ1n) is 8.11. The summed E-state index contributed by atoms with van der Waals surface area (Å²) < 4.78 is 0. The van der Waals surface area contributed by atoms with E-state index in [2.05, 4.69) is 13.8 Å². The van der Waals surface area contributed by atoms with Crippen molar-refractivity contribution in [3.8, 4) is 0 Å². The molecule has 7 heteroatoms. The predicted molar refractivity (Wildman–Crippen MR) is 88.1 cm³/mol. The maximum atomic E-state index is 12.7. The largest absolute Gasteiger partial charge is 0.478 e. The van der Waals surface area contributed by atoms with E-state index < -0.39 is 10.9 Å². The van der Waals surface area contributed by atoms with Crippen molar-refractivity contribution in [1.29, 1.82) is 0 Å². The van der Waals surface area contributed by atoms with Crippen LogP contribution in [0.15, 0.2) is 18.2 Å². The first-order valence-corrected chi connectivity index (χ1v) is 8.11. The SMILES string of the molecule is CC(C)C1CCCN(C(=O)c2cc(C(=O)O)cc([N+](=O)[O-])c2)CC1. The molecule has 1 aliphatic heterocycles. The lowest BCUT2D eigenvalue weighted by Crippen LogP contribution is -2.32. The van der Waals surface area contributed by atoms with E-state index in [0.717, 1.165) is 31.4 Å². The quantitative estimate of drug-likeness (QED) is 0.673. The Morgan fingerprint density at radius 1 is 1.21 bits per heavy atom. The summed E-state index contributed by atoms with van der Waals surface area (Å²) in [6.45, 7) is 5.52. The van der Waals surface area contributed by atoms with Crippen LogP contribution in [0.2, 0.25) is 0 Å². The molecule has 1 aliphatic rings. The monoisotopic (exact) mass is 334 g/mol. The Bertz CT molecular complexity index is 624. The Kier molecular flexibility index (Phi) is 5.54. The highest BCUT2D eigenvalue weighted by Gasteiger charge is 2.25. The zero-order valence-corrected chi connectivity index (χ0v) is 13.9. The zero-order chi connectivity index (χ0) is 17.9. The molecule has 0 radical (unpaired) electrons. The third-order valence-corrected chi connectivity index (χ3v) is 4.63. The number of benzene rings is 1. The van der Waals surface area contributed by atoms with Gasteiger partial charge in [-0.2, -0.15) is 0 Å². The Morgan fingerprint density at radius 2 is 1.88 bits per heavy atom. The van der Waals surface area contributed by atoms with Gasteiger partial charge in [-0.05, 0) is 37.2 Å². The molecule has 0 spiro atoms. The van der Waals surface area contributed by atoms with Gasteiger partial charge in [-0.15, -0.1) is 0 Å². The molecule has 1 unspecified atom stereocenters. The van der Waals surface area contributed by atoms with Gasteiger partial charge >= 0.3 is 5.97 Å². The molecule has 24 heavy (non-hydrogen) atoms. The summed E-state index contributed by atoms with van der Waals surface area (Å²) in [7, 11) is 0. The maximum absolute atomic E-state index is 12.7. The summed E-state index contributed by atoms with van der Waals surface area (Å²) in [6.07, 6.45) is 2.83. The number of nitro benzene ring substituents is 1. The van der Waals surface area contributed by atoms with E-state index >= 15 is 0 Å². The molecule has 7 nitrogen and oxygen atoms in total. The lowest BCUT2D eigenvalue weighted by atomic mass is 9.89. The lowest BCUT2D eigenvalue weighted by Gasteiger charge is -2.21. The van der Waals surface area contributed by atoms with Crippen molar-refractivity contribution >= 4 is 17.6 Å². The standard InChI is InChI=1S/C17H22N2O5/c1-11(2)12-4-3-6-18(7-5-12)16(20)13-8-14(17(21)22)10-15(9-13)19(23)24/h8-12H,3-7H2,1-2H3,(H,21,22). The Hall–Kier alpha value is -2.44. The molecule has 1 saturated heterocycles. The molecule has 0 bridgehead atoms. The van der Waals surface area contributed by atoms with Crippen molar-refractivity contribution < 1.29 is 19.6 Å². The van der Waals surface area contributed by atoms with Crippen molar-refractivity contribution in [1.82, 2.24) is 4.90 Å². The van der Waals surface area contributed by atoms with Crippen molar-refractivity contribution in [3.05, 3.63) is 39.4 Å². The van der Waals surface area contributed by atoms with Crippen LogP contribution in [0.5, 0.6) is 0 Å². The summed E-state index contributed by atoms with van der Waals surface area (Å²) in [5, 5.41) is 20.1. The van der Waals surface area contributed by atoms with Crippen LogP contribution in [0, 0.1) is 22.0 Å². The number of likely N-dealkylation sites (tertiary alicyclic amines) is 1. The molecular weight excluding hydrogens is 312 g/mol. The molecule has 1 atom stereocenters. The molecule has 1 aromatic rings. The third kappa shape index (κ3) is 4.10. The topological polar surface area (TPSA) is 101 Å². The Morgan fingerprint density at radius 3 is 2.46 bits per heavy atom. The van der Waals surface area contributed by atoms with Crippen molar-refractivity contribution in [2.45, 2.75) is 33.1 Å². The molecule has 1 heterocycles. The number of hydrogen-bond acceptors (Lipinski definition) is 4. The van der Waals surface area contributed by atoms with E-state index in [-0.39, 0.29) is 22.7 Å². The fourth-order valence-corrected chi connectivity index (χ4v) is 3.14. The van der Waals surface area contributed by atoms with E-state index in [9.17, 15) is 19.7 Å². The van der Waals surface area contributed by atoms with E-state index in [0.29, 0.717) is 24.9 Å². The second-order valence-electron chi connectivity index (χ2n) is 6.56. The van der Waals surface area contributed by atoms with Crippen LogP contribution in [-0.2, 0) is 0 Å². The number of carboxylic acid groups (broad SMARTS) is 1. The fourth-order valence-electron chi connectivity index (χ4n) is 3.14. The number of carbonyl (C=O) groups excluding carboxylic acids is 1. The summed E-state index contributed by atoms with van der Waals surface area (Å²) in [4.78, 5) is 35.8. The molecule has 1 aromatic carbocycles. The smallest absolute Gasteiger partial charge is 0.335 e. The van der Waals surface area contributed by atoms with E-state index in [4.69, 9.17) is 5.11 Å². The second kappa shape index (κ2) is 7.42. The third-order valence-electron chi connectivity index (χ3n) is 4.63. The molecular formula is C17H22N2O5. The lowest BCUT2D eigenvalue weighted by molar-refractivity contribution is -0.384. The minimum Gasteiger partial charge on any atom is -0.478 e. The molecule has 1 fully saturated rings. The van der Waals surface area contributed by atoms with Gasteiger partial charge in [-0.1, -0.05) is 13.8 Å². The number of nitrogens with zero attached hydrogens (tertiary/aromatic N) is 2. The number of nitro groups is 1. The number of carbonyl (C=O) groups is 2. The van der Waals surface area contributed by atoms with Gasteiger partial charge in [-0.3, -0.25) is 14.9 Å². The van der Waals surface area contributed by atoms with Gasteiger partial charge in [0.1, 0.15) is 0 Å². The van der Waals surface area contributed by atoms with Crippen LogP contribution in [-0.4, -0.2) is 39.9 Å². The van der Waals surface area contributed by atoms with Crippen LogP contribution in [0.4, 0.5) is 5.69 Å². The second-order valence-corrected chi connectivity index (χ2v) is 6.56. The Labute approximate surface area is 140 Å². The van der Waals surface area contributed by atoms with Gasteiger partial charge in [0.05, 0.1) is 10.5 Å². The first-order chi connectivity index (χ1) is 11.3. The van der Waals surface area contributed by atoms with Gasteiger partial charge in [0, 0.05) is 30.8 Å². The minimum absolute atomic E-state index is 0.0598. The predicted octanol–water partition coefficient (Wildman–Crippen LogP) is 3.19. The molecule has 130 valence electrons. The molecule has 0 aromatic heterocycles. The Balaban J connectivity index is 2.25. The highest BCUT2D eigenvalue weighted by molar-refractivity contribution is 5.98. The van der Waals surface area contributed by atoms with Crippen molar-refractivity contribution in [3.63, 3.8) is 0 Å². The molecule has 1 N–H and O–H groups in total. The highest BCUT2D eigenvalue weighted by atomic mass is 16.6. The average Bonchev–Trinajstić information content (AvgIpc) is 2.79. The van der Waals surface area contributed by atoms with Gasteiger partial charge in [0.2, 0.25) is 0 Å². The number of aromatic carboxylic acids is 1. The van der Waals surface area contributed by atoms with Gasteiger partial charge in [-0.25, -0.2) is 4.79 Å². The summed E-state index contributed by atoms with van der Waals surface area (Å²) in [5.74, 6) is -0.520. The normalized spacial score (nSPS) is 18.3. The van der Waals surface area contributed by atoms with Gasteiger partial charge in [0.25, 0.3) is 11.6 Å². The first kappa shape index (κ1) is 17.9.